The van der Waals surface area contributed by atoms with Crippen LogP contribution in [-0.2, 0) is 29.7 Å². The van der Waals surface area contributed by atoms with Crippen molar-refractivity contribution in [3.63, 3.8) is 0 Å². The summed E-state index contributed by atoms with van der Waals surface area (Å²) in [5.41, 5.74) is 1.52. The molecule has 0 spiro atoms. The van der Waals surface area contributed by atoms with Crippen molar-refractivity contribution in [1.82, 2.24) is 19.4 Å². The predicted octanol–water partition coefficient (Wildman–Crippen LogP) is 1.30. The van der Waals surface area contributed by atoms with Gasteiger partial charge in [-0.25, -0.2) is 8.42 Å². The van der Waals surface area contributed by atoms with Crippen molar-refractivity contribution in [3.8, 4) is 0 Å². The summed E-state index contributed by atoms with van der Waals surface area (Å²) in [5.74, 6) is -0.203. The molecular formula is C13H15ClN4O3S2. The molecule has 0 fully saturated rings. The van der Waals surface area contributed by atoms with Crippen LogP contribution in [0.25, 0.3) is 0 Å². The third-order valence-corrected chi connectivity index (χ3v) is 5.99. The first kappa shape index (κ1) is 16.4. The maximum absolute atomic E-state index is 12.0. The fourth-order valence-electron chi connectivity index (χ4n) is 2.37. The van der Waals surface area contributed by atoms with Gasteiger partial charge >= 0.3 is 0 Å². The van der Waals surface area contributed by atoms with E-state index in [1.165, 1.54) is 21.9 Å². The normalized spacial score (nSPS) is 15.4. The Morgan fingerprint density at radius 2 is 2.22 bits per heavy atom. The summed E-state index contributed by atoms with van der Waals surface area (Å²) < 4.78 is 27.0. The van der Waals surface area contributed by atoms with Crippen molar-refractivity contribution in [2.45, 2.75) is 19.6 Å². The first-order valence-electron chi connectivity index (χ1n) is 6.87. The van der Waals surface area contributed by atoms with Crippen LogP contribution >= 0.6 is 22.9 Å². The molecule has 7 nitrogen and oxygen atoms in total. The van der Waals surface area contributed by atoms with Gasteiger partial charge in [0.2, 0.25) is 10.0 Å². The number of carbonyl (C=O) groups is 1. The highest BCUT2D eigenvalue weighted by molar-refractivity contribution is 7.88. The van der Waals surface area contributed by atoms with Gasteiger partial charge in [0.15, 0.2) is 0 Å². The van der Waals surface area contributed by atoms with E-state index in [2.05, 4.69) is 10.4 Å². The van der Waals surface area contributed by atoms with Gasteiger partial charge < -0.3 is 5.32 Å². The van der Waals surface area contributed by atoms with Gasteiger partial charge in [-0.1, -0.05) is 11.6 Å². The third kappa shape index (κ3) is 3.74. The van der Waals surface area contributed by atoms with Crippen molar-refractivity contribution < 1.29 is 13.2 Å². The Hall–Kier alpha value is -1.42. The molecule has 1 N–H and O–H groups in total. The predicted molar refractivity (Wildman–Crippen MR) is 88.0 cm³/mol. The van der Waals surface area contributed by atoms with E-state index in [1.807, 2.05) is 6.07 Å². The van der Waals surface area contributed by atoms with E-state index in [0.29, 0.717) is 34.5 Å². The van der Waals surface area contributed by atoms with Crippen molar-refractivity contribution >= 4 is 38.9 Å². The van der Waals surface area contributed by atoms with Gasteiger partial charge in [-0.2, -0.15) is 9.40 Å². The molecule has 0 saturated heterocycles. The zero-order valence-electron chi connectivity index (χ0n) is 12.3. The third-order valence-electron chi connectivity index (χ3n) is 3.51. The second-order valence-electron chi connectivity index (χ2n) is 5.23. The van der Waals surface area contributed by atoms with Gasteiger partial charge in [-0.15, -0.1) is 11.3 Å². The van der Waals surface area contributed by atoms with Crippen LogP contribution in [-0.4, -0.2) is 41.2 Å². The minimum absolute atomic E-state index is 0.203. The zero-order valence-corrected chi connectivity index (χ0v) is 14.7. The first-order chi connectivity index (χ1) is 10.8. The Labute approximate surface area is 142 Å². The second-order valence-corrected chi connectivity index (χ2v) is 8.93. The Kier molecular flexibility index (Phi) is 4.45. The van der Waals surface area contributed by atoms with Gasteiger partial charge in [0, 0.05) is 6.54 Å². The summed E-state index contributed by atoms with van der Waals surface area (Å²) in [5, 5.41) is 7.18. The average molecular weight is 375 g/mol. The highest BCUT2D eigenvalue weighted by atomic mass is 35.5. The molecule has 0 aliphatic carbocycles. The molecule has 3 rings (SSSR count). The molecule has 10 heteroatoms. The van der Waals surface area contributed by atoms with Crippen LogP contribution in [0.4, 0.5) is 0 Å². The van der Waals surface area contributed by atoms with Gasteiger partial charge in [0.05, 0.1) is 46.5 Å². The Morgan fingerprint density at radius 1 is 1.43 bits per heavy atom. The maximum atomic E-state index is 12.0. The van der Waals surface area contributed by atoms with Crippen LogP contribution in [0.1, 0.15) is 21.1 Å². The summed E-state index contributed by atoms with van der Waals surface area (Å²) in [6.07, 6.45) is 1.20. The summed E-state index contributed by atoms with van der Waals surface area (Å²) >= 11 is 7.03. The summed E-state index contributed by atoms with van der Waals surface area (Å²) in [6.45, 7) is 1.51. The number of thiophene rings is 1. The molecule has 23 heavy (non-hydrogen) atoms. The summed E-state index contributed by atoms with van der Waals surface area (Å²) in [6, 6.07) is 5.17. The number of hydrogen-bond donors (Lipinski definition) is 1. The van der Waals surface area contributed by atoms with Crippen LogP contribution in [0, 0.1) is 0 Å². The fraction of sp³-hybridized carbons (Fsp3) is 0.385. The molecule has 124 valence electrons. The minimum atomic E-state index is -3.21. The fourth-order valence-corrected chi connectivity index (χ4v) is 4.11. The molecule has 0 aromatic carbocycles. The lowest BCUT2D eigenvalue weighted by molar-refractivity contribution is 0.0954. The maximum Gasteiger partial charge on any atom is 0.261 e. The summed E-state index contributed by atoms with van der Waals surface area (Å²) in [4.78, 5) is 12.5. The molecule has 1 aliphatic rings. The highest BCUT2D eigenvalue weighted by Crippen LogP contribution is 2.21. The molecule has 0 bridgehead atoms. The molecule has 0 saturated carbocycles. The van der Waals surface area contributed by atoms with Crippen LogP contribution in [0.3, 0.4) is 0 Å². The standard InChI is InChI=1S/C13H15ClN4O3S2/c1-23(20,21)17-4-5-18-10(8-17)6-9(16-18)7-15-13(19)11-2-3-12(14)22-11/h2-3,6H,4-5,7-8H2,1H3,(H,15,19). The molecule has 0 radical (unpaired) electrons. The molecule has 3 heterocycles. The molecule has 1 aliphatic heterocycles. The number of sulfonamides is 1. The zero-order chi connectivity index (χ0) is 16.6. The minimum Gasteiger partial charge on any atom is -0.346 e. The molecule has 2 aromatic rings. The van der Waals surface area contributed by atoms with Crippen LogP contribution in [0.15, 0.2) is 18.2 Å². The number of halogens is 1. The smallest absolute Gasteiger partial charge is 0.261 e. The van der Waals surface area contributed by atoms with Gasteiger partial charge in [-0.05, 0) is 18.2 Å². The Balaban J connectivity index is 1.65. The number of aromatic nitrogens is 2. The lowest BCUT2D eigenvalue weighted by Gasteiger charge is -2.25. The van der Waals surface area contributed by atoms with Crippen LogP contribution in [0.5, 0.6) is 0 Å². The van der Waals surface area contributed by atoms with Crippen molar-refractivity contribution in [2.75, 3.05) is 12.8 Å². The average Bonchev–Trinajstić information content (AvgIpc) is 3.08. The SMILES string of the molecule is CS(=O)(=O)N1CCn2nc(CNC(=O)c3ccc(Cl)s3)cc2C1. The Morgan fingerprint density at radius 3 is 2.87 bits per heavy atom. The highest BCUT2D eigenvalue weighted by Gasteiger charge is 2.24. The molecule has 2 aromatic heterocycles. The quantitative estimate of drug-likeness (QED) is 0.874. The molecule has 0 unspecified atom stereocenters. The number of carbonyl (C=O) groups excluding carboxylic acids is 1. The number of nitrogens with zero attached hydrogens (tertiary/aromatic N) is 3. The van der Waals surface area contributed by atoms with E-state index in [4.69, 9.17) is 11.6 Å². The number of nitrogens with one attached hydrogen (secondary N) is 1. The first-order valence-corrected chi connectivity index (χ1v) is 9.91. The van der Waals surface area contributed by atoms with E-state index in [-0.39, 0.29) is 12.5 Å². The van der Waals surface area contributed by atoms with Crippen LogP contribution in [0.2, 0.25) is 4.34 Å². The van der Waals surface area contributed by atoms with E-state index >= 15 is 0 Å². The van der Waals surface area contributed by atoms with Gasteiger partial charge in [0.25, 0.3) is 5.91 Å². The van der Waals surface area contributed by atoms with E-state index in [0.717, 1.165) is 5.69 Å². The lowest BCUT2D eigenvalue weighted by Crippen LogP contribution is -2.37. The van der Waals surface area contributed by atoms with E-state index in [1.54, 1.807) is 16.8 Å². The molecular weight excluding hydrogens is 360 g/mol. The van der Waals surface area contributed by atoms with Crippen molar-refractivity contribution in [1.29, 1.82) is 0 Å². The van der Waals surface area contributed by atoms with E-state index < -0.39 is 10.0 Å². The number of amides is 1. The van der Waals surface area contributed by atoms with Crippen LogP contribution < -0.4 is 5.32 Å². The van der Waals surface area contributed by atoms with Gasteiger partial charge in [0.1, 0.15) is 0 Å². The monoisotopic (exact) mass is 374 g/mol. The number of rotatable bonds is 4. The second kappa shape index (κ2) is 6.23. The molecule has 0 atom stereocenters. The summed E-state index contributed by atoms with van der Waals surface area (Å²) in [7, 11) is -3.21. The Bertz CT molecular complexity index is 843. The number of hydrogen-bond acceptors (Lipinski definition) is 5. The number of fused-ring (bicyclic) bond motifs is 1. The largest absolute Gasteiger partial charge is 0.346 e. The van der Waals surface area contributed by atoms with E-state index in [9.17, 15) is 13.2 Å². The topological polar surface area (TPSA) is 84.3 Å². The van der Waals surface area contributed by atoms with Crippen molar-refractivity contribution in [2.24, 2.45) is 0 Å². The lowest BCUT2D eigenvalue weighted by atomic mass is 10.3. The van der Waals surface area contributed by atoms with Gasteiger partial charge in [-0.3, -0.25) is 9.48 Å². The molecule has 1 amide bonds. The van der Waals surface area contributed by atoms with Crippen molar-refractivity contribution in [3.05, 3.63) is 38.8 Å².